The molecule has 23 heavy (non-hydrogen) atoms. The molecular weight excluding hydrogens is 288 g/mol. The molecule has 2 N–H and O–H groups in total. The zero-order valence-electron chi connectivity index (χ0n) is 13.8. The second-order valence-corrected chi connectivity index (χ2v) is 5.43. The molecule has 0 fully saturated rings. The van der Waals surface area contributed by atoms with Gasteiger partial charge in [0, 0.05) is 17.9 Å². The van der Waals surface area contributed by atoms with Gasteiger partial charge in [-0.05, 0) is 48.4 Å². The molecule has 2 aromatic rings. The lowest BCUT2D eigenvalue weighted by Gasteiger charge is -2.08. The quantitative estimate of drug-likeness (QED) is 0.722. The Hall–Kier alpha value is -2.49. The van der Waals surface area contributed by atoms with Gasteiger partial charge in [-0.25, -0.2) is 0 Å². The van der Waals surface area contributed by atoms with Crippen molar-refractivity contribution in [1.82, 2.24) is 0 Å². The molecule has 4 heteroatoms. The number of ether oxygens (including phenoxy) is 1. The number of hydrogen-bond donors (Lipinski definition) is 2. The molecule has 0 saturated heterocycles. The van der Waals surface area contributed by atoms with Crippen molar-refractivity contribution in [3.8, 4) is 5.75 Å². The highest BCUT2D eigenvalue weighted by Gasteiger charge is 2.04. The van der Waals surface area contributed by atoms with Crippen molar-refractivity contribution in [2.75, 3.05) is 24.3 Å². The highest BCUT2D eigenvalue weighted by molar-refractivity contribution is 5.92. The first-order chi connectivity index (χ1) is 11.2. The molecule has 0 atom stereocenters. The van der Waals surface area contributed by atoms with Crippen molar-refractivity contribution in [1.29, 1.82) is 0 Å². The second kappa shape index (κ2) is 8.83. The summed E-state index contributed by atoms with van der Waals surface area (Å²) >= 11 is 0. The molecule has 2 aromatic carbocycles. The Morgan fingerprint density at radius 3 is 2.26 bits per heavy atom. The van der Waals surface area contributed by atoms with Crippen LogP contribution < -0.4 is 15.4 Å². The Bertz CT molecular complexity index is 606. The van der Waals surface area contributed by atoms with Crippen molar-refractivity contribution in [3.05, 3.63) is 54.1 Å². The molecule has 2 rings (SSSR count). The van der Waals surface area contributed by atoms with Crippen LogP contribution in [0.15, 0.2) is 48.5 Å². The summed E-state index contributed by atoms with van der Waals surface area (Å²) in [5.41, 5.74) is 2.84. The van der Waals surface area contributed by atoms with Crippen LogP contribution in [0.3, 0.4) is 0 Å². The third-order valence-electron chi connectivity index (χ3n) is 3.55. The standard InChI is InChI=1S/C19H24N2O2/c1-3-4-13-20-16-7-9-17(10-8-16)21-19(22)14-15-5-11-18(23-2)12-6-15/h5-12,20H,3-4,13-14H2,1-2H3,(H,21,22). The number of unbranched alkanes of at least 4 members (excludes halogenated alkanes) is 1. The van der Waals surface area contributed by atoms with Gasteiger partial charge in [0.15, 0.2) is 0 Å². The van der Waals surface area contributed by atoms with E-state index in [9.17, 15) is 4.79 Å². The zero-order valence-corrected chi connectivity index (χ0v) is 13.8. The summed E-state index contributed by atoms with van der Waals surface area (Å²) in [7, 11) is 1.63. The van der Waals surface area contributed by atoms with Crippen LogP contribution >= 0.6 is 0 Å². The van der Waals surface area contributed by atoms with Gasteiger partial charge in [-0.2, -0.15) is 0 Å². The van der Waals surface area contributed by atoms with Gasteiger partial charge in [-0.1, -0.05) is 25.5 Å². The van der Waals surface area contributed by atoms with Gasteiger partial charge in [0.2, 0.25) is 5.91 Å². The number of benzene rings is 2. The van der Waals surface area contributed by atoms with Crippen LogP contribution in [0.2, 0.25) is 0 Å². The molecule has 0 aliphatic carbocycles. The fourth-order valence-corrected chi connectivity index (χ4v) is 2.21. The highest BCUT2D eigenvalue weighted by Crippen LogP contribution is 2.15. The number of methoxy groups -OCH3 is 1. The normalized spacial score (nSPS) is 10.2. The van der Waals surface area contributed by atoms with Crippen LogP contribution in [-0.2, 0) is 11.2 Å². The first-order valence-electron chi connectivity index (χ1n) is 7.98. The van der Waals surface area contributed by atoms with Crippen molar-refractivity contribution in [3.63, 3.8) is 0 Å². The maximum absolute atomic E-state index is 12.1. The Labute approximate surface area is 137 Å². The minimum atomic E-state index is -0.0261. The van der Waals surface area contributed by atoms with Crippen LogP contribution in [0.5, 0.6) is 5.75 Å². The van der Waals surface area contributed by atoms with Gasteiger partial charge in [0.05, 0.1) is 13.5 Å². The summed E-state index contributed by atoms with van der Waals surface area (Å²) in [6, 6.07) is 15.3. The van der Waals surface area contributed by atoms with E-state index < -0.39 is 0 Å². The molecule has 0 aromatic heterocycles. The number of hydrogen-bond acceptors (Lipinski definition) is 3. The molecule has 0 aliphatic rings. The van der Waals surface area contributed by atoms with Crippen molar-refractivity contribution in [2.24, 2.45) is 0 Å². The van der Waals surface area contributed by atoms with Crippen LogP contribution in [0.25, 0.3) is 0 Å². The maximum atomic E-state index is 12.1. The average molecular weight is 312 g/mol. The minimum absolute atomic E-state index is 0.0261. The molecule has 0 aliphatic heterocycles. The molecule has 0 saturated carbocycles. The second-order valence-electron chi connectivity index (χ2n) is 5.43. The minimum Gasteiger partial charge on any atom is -0.497 e. The average Bonchev–Trinajstić information content (AvgIpc) is 2.57. The lowest BCUT2D eigenvalue weighted by atomic mass is 10.1. The molecule has 0 unspecified atom stereocenters. The monoisotopic (exact) mass is 312 g/mol. The van der Waals surface area contributed by atoms with E-state index in [1.807, 2.05) is 48.5 Å². The third kappa shape index (κ3) is 5.66. The largest absolute Gasteiger partial charge is 0.497 e. The summed E-state index contributed by atoms with van der Waals surface area (Å²) < 4.78 is 5.11. The van der Waals surface area contributed by atoms with E-state index in [1.54, 1.807) is 7.11 Å². The predicted molar refractivity (Wildman–Crippen MR) is 95.2 cm³/mol. The summed E-state index contributed by atoms with van der Waals surface area (Å²) in [6.45, 7) is 3.14. The van der Waals surface area contributed by atoms with Crippen molar-refractivity contribution < 1.29 is 9.53 Å². The summed E-state index contributed by atoms with van der Waals surface area (Å²) in [5, 5.41) is 6.27. The molecular formula is C19H24N2O2. The van der Waals surface area contributed by atoms with Gasteiger partial charge in [-0.3, -0.25) is 4.79 Å². The lowest BCUT2D eigenvalue weighted by Crippen LogP contribution is -2.14. The molecule has 1 amide bonds. The topological polar surface area (TPSA) is 50.4 Å². The SMILES string of the molecule is CCCCNc1ccc(NC(=O)Cc2ccc(OC)cc2)cc1. The smallest absolute Gasteiger partial charge is 0.228 e. The molecule has 4 nitrogen and oxygen atoms in total. The highest BCUT2D eigenvalue weighted by atomic mass is 16.5. The number of carbonyl (C=O) groups is 1. The van der Waals surface area contributed by atoms with Gasteiger partial charge in [-0.15, -0.1) is 0 Å². The Morgan fingerprint density at radius 1 is 1.00 bits per heavy atom. The molecule has 0 radical (unpaired) electrons. The number of rotatable bonds is 8. The lowest BCUT2D eigenvalue weighted by molar-refractivity contribution is -0.115. The molecule has 0 heterocycles. The van der Waals surface area contributed by atoms with Gasteiger partial charge >= 0.3 is 0 Å². The number of nitrogens with one attached hydrogen (secondary N) is 2. The fraction of sp³-hybridized carbons (Fsp3) is 0.316. The van der Waals surface area contributed by atoms with E-state index in [2.05, 4.69) is 17.6 Å². The first kappa shape index (κ1) is 16.9. The third-order valence-corrected chi connectivity index (χ3v) is 3.55. The van der Waals surface area contributed by atoms with Crippen LogP contribution in [0, 0.1) is 0 Å². The van der Waals surface area contributed by atoms with Gasteiger partial charge in [0.1, 0.15) is 5.75 Å². The summed E-state index contributed by atoms with van der Waals surface area (Å²) in [5.74, 6) is 0.766. The van der Waals surface area contributed by atoms with E-state index in [-0.39, 0.29) is 5.91 Å². The molecule has 0 bridgehead atoms. The van der Waals surface area contributed by atoms with E-state index in [1.165, 1.54) is 6.42 Å². The van der Waals surface area contributed by atoms with Crippen LogP contribution in [0.4, 0.5) is 11.4 Å². The number of anilines is 2. The van der Waals surface area contributed by atoms with Crippen molar-refractivity contribution >= 4 is 17.3 Å². The van der Waals surface area contributed by atoms with E-state index in [4.69, 9.17) is 4.74 Å². The molecule has 0 spiro atoms. The Kier molecular flexibility index (Phi) is 6.48. The van der Waals surface area contributed by atoms with E-state index in [0.717, 1.165) is 35.7 Å². The molecule has 122 valence electrons. The fourth-order valence-electron chi connectivity index (χ4n) is 2.21. The van der Waals surface area contributed by atoms with Crippen LogP contribution in [-0.4, -0.2) is 19.6 Å². The number of amides is 1. The van der Waals surface area contributed by atoms with Crippen molar-refractivity contribution in [2.45, 2.75) is 26.2 Å². The van der Waals surface area contributed by atoms with Crippen LogP contribution in [0.1, 0.15) is 25.3 Å². The maximum Gasteiger partial charge on any atom is 0.228 e. The Morgan fingerprint density at radius 2 is 1.65 bits per heavy atom. The Balaban J connectivity index is 1.84. The zero-order chi connectivity index (χ0) is 16.5. The van der Waals surface area contributed by atoms with Gasteiger partial charge in [0.25, 0.3) is 0 Å². The van der Waals surface area contributed by atoms with Gasteiger partial charge < -0.3 is 15.4 Å². The number of carbonyl (C=O) groups excluding carboxylic acids is 1. The van der Waals surface area contributed by atoms with E-state index in [0.29, 0.717) is 6.42 Å². The first-order valence-corrected chi connectivity index (χ1v) is 7.98. The van der Waals surface area contributed by atoms with E-state index >= 15 is 0 Å². The predicted octanol–water partition coefficient (Wildman–Crippen LogP) is 4.09. The summed E-state index contributed by atoms with van der Waals surface area (Å²) in [6.07, 6.45) is 2.67. The summed E-state index contributed by atoms with van der Waals surface area (Å²) in [4.78, 5) is 12.1.